The van der Waals surface area contributed by atoms with Gasteiger partial charge in [-0.15, -0.1) is 0 Å². The average molecular weight is 428 g/mol. The highest BCUT2D eigenvalue weighted by molar-refractivity contribution is 6.30. The van der Waals surface area contributed by atoms with Crippen LogP contribution in [0, 0.1) is 0 Å². The maximum atomic E-state index is 12.8. The van der Waals surface area contributed by atoms with Gasteiger partial charge in [-0.05, 0) is 63.0 Å². The summed E-state index contributed by atoms with van der Waals surface area (Å²) >= 11 is 5.84. The first kappa shape index (κ1) is 20.6. The highest BCUT2D eigenvalue weighted by Gasteiger charge is 2.28. The van der Waals surface area contributed by atoms with Crippen LogP contribution in [-0.2, 0) is 0 Å². The number of piperidine rings is 1. The van der Waals surface area contributed by atoms with Gasteiger partial charge in [0.2, 0.25) is 0 Å². The number of nitrogens with zero attached hydrogens (tertiary/aromatic N) is 3. The number of halogens is 1. The van der Waals surface area contributed by atoms with Crippen molar-refractivity contribution in [3.63, 3.8) is 0 Å². The van der Waals surface area contributed by atoms with Gasteiger partial charge in [-0.3, -0.25) is 4.79 Å². The van der Waals surface area contributed by atoms with Crippen molar-refractivity contribution in [3.05, 3.63) is 53.2 Å². The molecule has 2 aliphatic rings. The number of carbonyl (C=O) groups is 2. The Labute approximate surface area is 181 Å². The molecule has 1 aromatic heterocycles. The number of amides is 3. The Morgan fingerprint density at radius 2 is 1.70 bits per heavy atom. The highest BCUT2D eigenvalue weighted by Crippen LogP contribution is 2.23. The predicted octanol–water partition coefficient (Wildman–Crippen LogP) is 4.08. The molecule has 2 saturated heterocycles. The summed E-state index contributed by atoms with van der Waals surface area (Å²) in [6, 6.07) is 10.7. The van der Waals surface area contributed by atoms with Crippen molar-refractivity contribution in [2.24, 2.45) is 0 Å². The third kappa shape index (κ3) is 4.91. The van der Waals surface area contributed by atoms with Crippen LogP contribution in [0.2, 0.25) is 5.02 Å². The predicted molar refractivity (Wildman–Crippen MR) is 118 cm³/mol. The number of rotatable bonds is 4. The Balaban J connectivity index is 1.37. The molecule has 1 aromatic carbocycles. The minimum absolute atomic E-state index is 0.167. The van der Waals surface area contributed by atoms with Gasteiger partial charge >= 0.3 is 6.03 Å². The fraction of sp³-hybridized carbons (Fsp3) is 0.409. The van der Waals surface area contributed by atoms with Gasteiger partial charge in [0.25, 0.3) is 5.91 Å². The molecule has 0 unspecified atom stereocenters. The van der Waals surface area contributed by atoms with Crippen molar-refractivity contribution in [1.82, 2.24) is 14.8 Å². The molecule has 3 heterocycles. The molecule has 4 rings (SSSR count). The zero-order valence-corrected chi connectivity index (χ0v) is 17.6. The summed E-state index contributed by atoms with van der Waals surface area (Å²) in [6.07, 6.45) is 6.03. The van der Waals surface area contributed by atoms with E-state index in [9.17, 15) is 9.59 Å². The normalized spacial score (nSPS) is 17.7. The van der Waals surface area contributed by atoms with Crippen molar-refractivity contribution in [3.8, 4) is 0 Å². The first-order chi connectivity index (χ1) is 14.6. The van der Waals surface area contributed by atoms with E-state index in [1.54, 1.807) is 36.4 Å². The Morgan fingerprint density at radius 3 is 2.40 bits per heavy atom. The van der Waals surface area contributed by atoms with Crippen LogP contribution in [0.4, 0.5) is 16.3 Å². The lowest BCUT2D eigenvalue weighted by molar-refractivity contribution is 0.102. The maximum absolute atomic E-state index is 12.8. The lowest BCUT2D eigenvalue weighted by Crippen LogP contribution is -2.47. The van der Waals surface area contributed by atoms with Crippen molar-refractivity contribution in [1.29, 1.82) is 0 Å². The van der Waals surface area contributed by atoms with Gasteiger partial charge in [-0.1, -0.05) is 23.7 Å². The Kier molecular flexibility index (Phi) is 6.50. The molecule has 3 amide bonds. The molecule has 0 bridgehead atoms. The summed E-state index contributed by atoms with van der Waals surface area (Å²) in [4.78, 5) is 34.0. The molecule has 2 aliphatic heterocycles. The molecule has 0 radical (unpaired) electrons. The number of urea groups is 1. The molecule has 2 N–H and O–H groups in total. The number of para-hydroxylation sites is 1. The van der Waals surface area contributed by atoms with E-state index < -0.39 is 0 Å². The second-order valence-corrected chi connectivity index (χ2v) is 8.19. The van der Waals surface area contributed by atoms with E-state index in [-0.39, 0.29) is 11.9 Å². The number of likely N-dealkylation sites (tertiary alicyclic amines) is 2. The fourth-order valence-electron chi connectivity index (χ4n) is 4.16. The minimum Gasteiger partial charge on any atom is -0.324 e. The molecule has 0 spiro atoms. The molecule has 0 atom stereocenters. The monoisotopic (exact) mass is 427 g/mol. The topological polar surface area (TPSA) is 77.6 Å². The maximum Gasteiger partial charge on any atom is 0.321 e. The van der Waals surface area contributed by atoms with Crippen LogP contribution >= 0.6 is 11.6 Å². The lowest BCUT2D eigenvalue weighted by Gasteiger charge is -2.36. The average Bonchev–Trinajstić information content (AvgIpc) is 3.31. The molecule has 7 nitrogen and oxygen atoms in total. The molecule has 0 aliphatic carbocycles. The Morgan fingerprint density at radius 1 is 0.967 bits per heavy atom. The van der Waals surface area contributed by atoms with Gasteiger partial charge in [0, 0.05) is 25.3 Å². The van der Waals surface area contributed by atoms with Crippen LogP contribution in [0.5, 0.6) is 0 Å². The minimum atomic E-state index is -0.339. The summed E-state index contributed by atoms with van der Waals surface area (Å²) in [5, 5.41) is 6.14. The third-order valence-electron chi connectivity index (χ3n) is 5.79. The van der Waals surface area contributed by atoms with Crippen LogP contribution in [0.1, 0.15) is 36.0 Å². The summed E-state index contributed by atoms with van der Waals surface area (Å²) < 4.78 is 0. The van der Waals surface area contributed by atoms with Gasteiger partial charge in [-0.2, -0.15) is 0 Å². The van der Waals surface area contributed by atoms with Crippen molar-refractivity contribution < 1.29 is 9.59 Å². The van der Waals surface area contributed by atoms with Crippen LogP contribution in [0.25, 0.3) is 0 Å². The largest absolute Gasteiger partial charge is 0.324 e. The third-order valence-corrected chi connectivity index (χ3v) is 6.01. The van der Waals surface area contributed by atoms with Crippen molar-refractivity contribution >= 4 is 35.0 Å². The van der Waals surface area contributed by atoms with E-state index in [0.717, 1.165) is 25.9 Å². The van der Waals surface area contributed by atoms with Crippen LogP contribution < -0.4 is 10.6 Å². The molecule has 2 aromatic rings. The van der Waals surface area contributed by atoms with E-state index in [0.29, 0.717) is 28.1 Å². The van der Waals surface area contributed by atoms with Crippen molar-refractivity contribution in [2.45, 2.75) is 31.7 Å². The summed E-state index contributed by atoms with van der Waals surface area (Å²) in [5.74, 6) is 0.0583. The van der Waals surface area contributed by atoms with E-state index in [4.69, 9.17) is 11.6 Å². The second-order valence-electron chi connectivity index (χ2n) is 7.75. The quantitative estimate of drug-likeness (QED) is 0.770. The zero-order valence-electron chi connectivity index (χ0n) is 16.8. The number of hydrogen-bond acceptors (Lipinski definition) is 4. The Bertz CT molecular complexity index is 891. The first-order valence-electron chi connectivity index (χ1n) is 10.4. The van der Waals surface area contributed by atoms with E-state index in [2.05, 4.69) is 20.5 Å². The van der Waals surface area contributed by atoms with Crippen LogP contribution in [0.3, 0.4) is 0 Å². The molecule has 30 heavy (non-hydrogen) atoms. The Hall–Kier alpha value is -2.64. The number of nitrogens with one attached hydrogen (secondary N) is 2. The SMILES string of the molecule is O=C(Nc1ccc(Cl)cn1)c1ccccc1NC(=O)N1CCC(N2CCCC2)CC1. The number of pyridine rings is 1. The molecular weight excluding hydrogens is 402 g/mol. The first-order valence-corrected chi connectivity index (χ1v) is 10.8. The lowest BCUT2D eigenvalue weighted by atomic mass is 10.0. The zero-order chi connectivity index (χ0) is 20.9. The summed E-state index contributed by atoms with van der Waals surface area (Å²) in [6.45, 7) is 3.83. The molecule has 158 valence electrons. The highest BCUT2D eigenvalue weighted by atomic mass is 35.5. The number of hydrogen-bond donors (Lipinski definition) is 2. The molecule has 0 saturated carbocycles. The number of benzene rings is 1. The summed E-state index contributed by atoms with van der Waals surface area (Å²) in [7, 11) is 0. The van der Waals surface area contributed by atoms with Gasteiger partial charge < -0.3 is 20.4 Å². The van der Waals surface area contributed by atoms with Crippen molar-refractivity contribution in [2.75, 3.05) is 36.8 Å². The fourth-order valence-corrected chi connectivity index (χ4v) is 4.27. The molecule has 8 heteroatoms. The van der Waals surface area contributed by atoms with E-state index >= 15 is 0 Å². The van der Waals surface area contributed by atoms with Crippen LogP contribution in [0.15, 0.2) is 42.6 Å². The van der Waals surface area contributed by atoms with E-state index in [1.165, 1.54) is 32.1 Å². The number of aromatic nitrogens is 1. The van der Waals surface area contributed by atoms with Gasteiger partial charge in [0.05, 0.1) is 16.3 Å². The van der Waals surface area contributed by atoms with Gasteiger partial charge in [-0.25, -0.2) is 9.78 Å². The molecule has 2 fully saturated rings. The standard InChI is InChI=1S/C22H26ClN5O2/c23-16-7-8-20(24-15-16)26-21(29)18-5-1-2-6-19(18)25-22(30)28-13-9-17(10-14-28)27-11-3-4-12-27/h1-2,5-8,15,17H,3-4,9-14H2,(H,25,30)(H,24,26,29). The van der Waals surface area contributed by atoms with Gasteiger partial charge in [0.15, 0.2) is 0 Å². The number of anilines is 2. The molecular formula is C22H26ClN5O2. The second kappa shape index (κ2) is 9.45. The van der Waals surface area contributed by atoms with Crippen LogP contribution in [-0.4, -0.2) is 58.9 Å². The van der Waals surface area contributed by atoms with Gasteiger partial charge in [0.1, 0.15) is 5.82 Å². The van der Waals surface area contributed by atoms with E-state index in [1.807, 2.05) is 4.90 Å². The number of carbonyl (C=O) groups excluding carboxylic acids is 2. The smallest absolute Gasteiger partial charge is 0.321 e. The summed E-state index contributed by atoms with van der Waals surface area (Å²) in [5.41, 5.74) is 0.866.